The summed E-state index contributed by atoms with van der Waals surface area (Å²) in [5.41, 5.74) is 2.23. The molecule has 0 bridgehead atoms. The van der Waals surface area contributed by atoms with E-state index >= 15 is 0 Å². The molecule has 2 aromatic carbocycles. The molecule has 0 spiro atoms. The smallest absolute Gasteiger partial charge is 0.260 e. The van der Waals surface area contributed by atoms with E-state index in [-0.39, 0.29) is 12.5 Å². The van der Waals surface area contributed by atoms with E-state index in [4.69, 9.17) is 18.9 Å². The van der Waals surface area contributed by atoms with E-state index in [1.54, 1.807) is 21.3 Å². The number of quaternary nitrogens is 1. The summed E-state index contributed by atoms with van der Waals surface area (Å²) in [4.78, 5) is 15.8. The van der Waals surface area contributed by atoms with Gasteiger partial charge in [-0.25, -0.2) is 0 Å². The van der Waals surface area contributed by atoms with Gasteiger partial charge in [0.1, 0.15) is 18.0 Å². The minimum absolute atomic E-state index is 0.0262. The predicted octanol–water partition coefficient (Wildman–Crippen LogP) is 1.33. The van der Waals surface area contributed by atoms with Gasteiger partial charge in [-0.2, -0.15) is 0 Å². The van der Waals surface area contributed by atoms with Crippen LogP contribution in [0.3, 0.4) is 0 Å². The molecule has 0 unspecified atom stereocenters. The molecule has 1 aliphatic heterocycles. The molecule has 0 aliphatic carbocycles. The standard InChI is InChI=1S/C23H30N2O5/c1-17-5-7-19(8-6-17)30-16-23(26)25-11-9-24(10-12-25)15-18-13-21(28-3)22(29-4)14-20(18)27-2/h5-8,13-14H,9-12,15-16H2,1-4H3/p+1. The first kappa shape index (κ1) is 21.8. The number of carbonyl (C=O) groups is 1. The Morgan fingerprint density at radius 3 is 2.13 bits per heavy atom. The summed E-state index contributed by atoms with van der Waals surface area (Å²) in [6.45, 7) is 6.05. The van der Waals surface area contributed by atoms with E-state index in [1.165, 1.54) is 10.5 Å². The number of carbonyl (C=O) groups excluding carboxylic acids is 1. The average molecular weight is 416 g/mol. The number of nitrogens with one attached hydrogen (secondary N) is 1. The van der Waals surface area contributed by atoms with Gasteiger partial charge in [0.2, 0.25) is 0 Å². The second kappa shape index (κ2) is 10.2. The Hall–Kier alpha value is -2.93. The lowest BCUT2D eigenvalue weighted by molar-refractivity contribution is -0.917. The number of methoxy groups -OCH3 is 3. The first-order chi connectivity index (χ1) is 14.5. The van der Waals surface area contributed by atoms with Crippen LogP contribution in [0.1, 0.15) is 11.1 Å². The van der Waals surface area contributed by atoms with Crippen LogP contribution in [-0.2, 0) is 11.3 Å². The molecule has 30 heavy (non-hydrogen) atoms. The molecule has 1 saturated heterocycles. The van der Waals surface area contributed by atoms with Gasteiger partial charge in [0.05, 0.1) is 53.1 Å². The van der Waals surface area contributed by atoms with E-state index < -0.39 is 0 Å². The van der Waals surface area contributed by atoms with Crippen LogP contribution in [0, 0.1) is 6.92 Å². The molecule has 1 amide bonds. The Labute approximate surface area is 178 Å². The maximum atomic E-state index is 12.5. The van der Waals surface area contributed by atoms with Crippen molar-refractivity contribution in [2.24, 2.45) is 0 Å². The van der Waals surface area contributed by atoms with E-state index in [9.17, 15) is 4.79 Å². The van der Waals surface area contributed by atoms with Crippen molar-refractivity contribution in [2.45, 2.75) is 13.5 Å². The summed E-state index contributed by atoms with van der Waals surface area (Å²) in [6, 6.07) is 11.6. The van der Waals surface area contributed by atoms with Crippen molar-refractivity contribution in [1.29, 1.82) is 0 Å². The molecule has 1 heterocycles. The highest BCUT2D eigenvalue weighted by Crippen LogP contribution is 2.34. The first-order valence-corrected chi connectivity index (χ1v) is 10.1. The predicted molar refractivity (Wildman–Crippen MR) is 114 cm³/mol. The summed E-state index contributed by atoms with van der Waals surface area (Å²) in [6.07, 6.45) is 0. The molecular formula is C23H31N2O5+. The molecule has 162 valence electrons. The quantitative estimate of drug-likeness (QED) is 0.705. The largest absolute Gasteiger partial charge is 0.496 e. The van der Waals surface area contributed by atoms with Crippen molar-refractivity contribution in [3.8, 4) is 23.0 Å². The number of hydrogen-bond donors (Lipinski definition) is 1. The van der Waals surface area contributed by atoms with Gasteiger partial charge < -0.3 is 28.7 Å². The minimum Gasteiger partial charge on any atom is -0.496 e. The van der Waals surface area contributed by atoms with E-state index in [1.807, 2.05) is 48.2 Å². The molecule has 1 aliphatic rings. The number of piperazine rings is 1. The maximum absolute atomic E-state index is 12.5. The van der Waals surface area contributed by atoms with Crippen molar-refractivity contribution in [3.05, 3.63) is 47.5 Å². The zero-order chi connectivity index (χ0) is 21.5. The zero-order valence-corrected chi connectivity index (χ0v) is 18.2. The number of aryl methyl sites for hydroxylation is 1. The highest BCUT2D eigenvalue weighted by Gasteiger charge is 2.25. The van der Waals surface area contributed by atoms with Crippen LogP contribution in [0.4, 0.5) is 0 Å². The summed E-state index contributed by atoms with van der Waals surface area (Å²) in [7, 11) is 4.90. The third-order valence-electron chi connectivity index (χ3n) is 5.43. The van der Waals surface area contributed by atoms with E-state index in [2.05, 4.69) is 0 Å². The summed E-state index contributed by atoms with van der Waals surface area (Å²) in [5, 5.41) is 0. The number of benzene rings is 2. The van der Waals surface area contributed by atoms with Crippen LogP contribution in [0.25, 0.3) is 0 Å². The number of amides is 1. The van der Waals surface area contributed by atoms with E-state index in [0.717, 1.165) is 36.7 Å². The third kappa shape index (κ3) is 5.36. The van der Waals surface area contributed by atoms with Crippen LogP contribution < -0.4 is 23.8 Å². The Kier molecular flexibility index (Phi) is 7.41. The van der Waals surface area contributed by atoms with Gasteiger partial charge in [-0.3, -0.25) is 4.79 Å². The number of rotatable bonds is 8. The third-order valence-corrected chi connectivity index (χ3v) is 5.43. The Bertz CT molecular complexity index is 845. The molecule has 7 nitrogen and oxygen atoms in total. The van der Waals surface area contributed by atoms with Gasteiger partial charge in [-0.15, -0.1) is 0 Å². The van der Waals surface area contributed by atoms with Gasteiger partial charge >= 0.3 is 0 Å². The van der Waals surface area contributed by atoms with Crippen LogP contribution in [0.5, 0.6) is 23.0 Å². The second-order valence-corrected chi connectivity index (χ2v) is 7.43. The lowest BCUT2D eigenvalue weighted by Gasteiger charge is -2.32. The Balaban J connectivity index is 1.53. The molecule has 1 fully saturated rings. The normalized spacial score (nSPS) is 14.3. The van der Waals surface area contributed by atoms with E-state index in [0.29, 0.717) is 24.6 Å². The first-order valence-electron chi connectivity index (χ1n) is 10.1. The second-order valence-electron chi connectivity index (χ2n) is 7.43. The Morgan fingerprint density at radius 2 is 1.53 bits per heavy atom. The van der Waals surface area contributed by atoms with Gasteiger partial charge in [0.25, 0.3) is 5.91 Å². The molecule has 0 radical (unpaired) electrons. The topological polar surface area (TPSA) is 61.7 Å². The molecule has 3 rings (SSSR count). The fourth-order valence-electron chi connectivity index (χ4n) is 3.62. The van der Waals surface area contributed by atoms with Gasteiger partial charge in [0, 0.05) is 6.07 Å². The van der Waals surface area contributed by atoms with Crippen molar-refractivity contribution in [2.75, 3.05) is 54.1 Å². The van der Waals surface area contributed by atoms with Crippen LogP contribution >= 0.6 is 0 Å². The summed E-state index contributed by atoms with van der Waals surface area (Å²) >= 11 is 0. The molecule has 0 atom stereocenters. The zero-order valence-electron chi connectivity index (χ0n) is 18.2. The Morgan fingerprint density at radius 1 is 0.933 bits per heavy atom. The maximum Gasteiger partial charge on any atom is 0.260 e. The lowest BCUT2D eigenvalue weighted by Crippen LogP contribution is -3.13. The van der Waals surface area contributed by atoms with Gasteiger partial charge in [-0.1, -0.05) is 17.7 Å². The SMILES string of the molecule is COc1cc(OC)c(OC)cc1C[NH+]1CCN(C(=O)COc2ccc(C)cc2)CC1. The van der Waals surface area contributed by atoms with Crippen molar-refractivity contribution < 1.29 is 28.6 Å². The highest BCUT2D eigenvalue weighted by atomic mass is 16.5. The number of hydrogen-bond acceptors (Lipinski definition) is 5. The monoisotopic (exact) mass is 415 g/mol. The van der Waals surface area contributed by atoms with Crippen molar-refractivity contribution in [1.82, 2.24) is 4.90 Å². The fraction of sp³-hybridized carbons (Fsp3) is 0.435. The lowest BCUT2D eigenvalue weighted by atomic mass is 10.1. The highest BCUT2D eigenvalue weighted by molar-refractivity contribution is 5.77. The number of nitrogens with zero attached hydrogens (tertiary/aromatic N) is 1. The van der Waals surface area contributed by atoms with Crippen molar-refractivity contribution in [3.63, 3.8) is 0 Å². The molecular weight excluding hydrogens is 384 g/mol. The van der Waals surface area contributed by atoms with Gasteiger partial charge in [0.15, 0.2) is 18.1 Å². The summed E-state index contributed by atoms with van der Waals surface area (Å²) in [5.74, 6) is 2.87. The van der Waals surface area contributed by atoms with Crippen LogP contribution in [0.2, 0.25) is 0 Å². The molecule has 0 saturated carbocycles. The van der Waals surface area contributed by atoms with Crippen molar-refractivity contribution >= 4 is 5.91 Å². The van der Waals surface area contributed by atoms with Crippen LogP contribution in [0.15, 0.2) is 36.4 Å². The van der Waals surface area contributed by atoms with Gasteiger partial charge in [-0.05, 0) is 25.1 Å². The summed E-state index contributed by atoms with van der Waals surface area (Å²) < 4.78 is 22.0. The minimum atomic E-state index is 0.0262. The molecule has 2 aromatic rings. The average Bonchev–Trinajstić information content (AvgIpc) is 2.78. The molecule has 7 heteroatoms. The molecule has 0 aromatic heterocycles. The number of ether oxygens (including phenoxy) is 4. The fourth-order valence-corrected chi connectivity index (χ4v) is 3.62. The molecule has 1 N–H and O–H groups in total. The van der Waals surface area contributed by atoms with Crippen LogP contribution in [-0.4, -0.2) is 64.9 Å².